The number of hydrogen-bond donors (Lipinski definition) is 2. The molecule has 0 fully saturated rings. The lowest BCUT2D eigenvalue weighted by Gasteiger charge is -2.01. The molecule has 3 N–H and O–H groups in total. The molecule has 16 heavy (non-hydrogen) atoms. The Morgan fingerprint density at radius 1 is 1.44 bits per heavy atom. The highest BCUT2D eigenvalue weighted by Crippen LogP contribution is 2.17. The van der Waals surface area contributed by atoms with Crippen LogP contribution in [0.1, 0.15) is 6.92 Å². The highest BCUT2D eigenvalue weighted by atomic mass is 79.9. The summed E-state index contributed by atoms with van der Waals surface area (Å²) in [5.41, 5.74) is 6.28. The van der Waals surface area contributed by atoms with Gasteiger partial charge in [0.2, 0.25) is 0 Å². The number of hydrogen-bond acceptors (Lipinski definition) is 3. The molecule has 0 radical (unpaired) electrons. The van der Waals surface area contributed by atoms with Crippen molar-refractivity contribution in [1.29, 1.82) is 0 Å². The zero-order valence-corrected chi connectivity index (χ0v) is 10.2. The minimum Gasteiger partial charge on any atom is -0.478 e. The fourth-order valence-corrected chi connectivity index (χ4v) is 1.38. The van der Waals surface area contributed by atoms with E-state index in [1.807, 2.05) is 12.1 Å². The van der Waals surface area contributed by atoms with E-state index in [2.05, 4.69) is 20.9 Å². The molecule has 0 heterocycles. The number of nitrogens with zero attached hydrogens (tertiary/aromatic N) is 1. The smallest absolute Gasteiger partial charge is 0.339 e. The predicted octanol–water partition coefficient (Wildman–Crippen LogP) is 2.47. The van der Waals surface area contributed by atoms with Crippen molar-refractivity contribution in [2.24, 2.45) is 10.7 Å². The Balaban J connectivity index is 3.00. The van der Waals surface area contributed by atoms with Crippen molar-refractivity contribution >= 4 is 33.3 Å². The molecule has 4 nitrogen and oxygen atoms in total. The number of nitrogens with two attached hydrogens (primary N) is 1. The third-order valence-corrected chi connectivity index (χ3v) is 2.44. The summed E-state index contributed by atoms with van der Waals surface area (Å²) in [6.07, 6.45) is 1.04. The number of aliphatic imine (C=N–C) groups is 1. The molecule has 0 saturated heterocycles. The van der Waals surface area contributed by atoms with Crippen molar-refractivity contribution in [3.05, 3.63) is 40.5 Å². The Morgan fingerprint density at radius 2 is 2.00 bits per heavy atom. The molecule has 0 unspecified atom stereocenters. The van der Waals surface area contributed by atoms with E-state index in [0.717, 1.165) is 10.7 Å². The zero-order valence-electron chi connectivity index (χ0n) is 8.64. The van der Waals surface area contributed by atoms with Crippen LogP contribution in [0.2, 0.25) is 0 Å². The minimum absolute atomic E-state index is 0.00270. The van der Waals surface area contributed by atoms with E-state index in [1.54, 1.807) is 19.1 Å². The Hall–Kier alpha value is -1.62. The van der Waals surface area contributed by atoms with Crippen molar-refractivity contribution in [1.82, 2.24) is 0 Å². The van der Waals surface area contributed by atoms with Crippen LogP contribution in [0.5, 0.6) is 0 Å². The SMILES string of the molecule is CC(=Nc1ccc(Br)cc1)C(=CN)C(=O)O. The van der Waals surface area contributed by atoms with Gasteiger partial charge in [-0.05, 0) is 31.2 Å². The predicted molar refractivity (Wildman–Crippen MR) is 66.8 cm³/mol. The molecule has 1 rings (SSSR count). The van der Waals surface area contributed by atoms with Gasteiger partial charge in [0, 0.05) is 10.7 Å². The van der Waals surface area contributed by atoms with Crippen LogP contribution in [0.15, 0.2) is 45.5 Å². The molecule has 0 bridgehead atoms. The second-order valence-electron chi connectivity index (χ2n) is 3.06. The first-order valence-corrected chi connectivity index (χ1v) is 5.30. The molecule has 0 amide bonds. The van der Waals surface area contributed by atoms with E-state index in [4.69, 9.17) is 10.8 Å². The quantitative estimate of drug-likeness (QED) is 0.661. The van der Waals surface area contributed by atoms with E-state index in [9.17, 15) is 4.79 Å². The summed E-state index contributed by atoms with van der Waals surface area (Å²) >= 11 is 3.30. The van der Waals surface area contributed by atoms with Gasteiger partial charge >= 0.3 is 5.97 Å². The maximum absolute atomic E-state index is 10.8. The first kappa shape index (κ1) is 12.4. The second-order valence-corrected chi connectivity index (χ2v) is 3.97. The lowest BCUT2D eigenvalue weighted by Crippen LogP contribution is -2.11. The van der Waals surface area contributed by atoms with Crippen molar-refractivity contribution in [2.45, 2.75) is 6.92 Å². The molecular formula is C11H11BrN2O2. The normalized spacial score (nSPS) is 12.6. The van der Waals surface area contributed by atoms with Crippen molar-refractivity contribution in [3.8, 4) is 0 Å². The summed E-state index contributed by atoms with van der Waals surface area (Å²) in [5, 5.41) is 8.83. The van der Waals surface area contributed by atoms with Gasteiger partial charge in [-0.25, -0.2) is 4.79 Å². The monoisotopic (exact) mass is 282 g/mol. The first-order valence-electron chi connectivity index (χ1n) is 4.51. The van der Waals surface area contributed by atoms with Crippen molar-refractivity contribution in [2.75, 3.05) is 0 Å². The molecule has 0 atom stereocenters. The molecular weight excluding hydrogens is 272 g/mol. The summed E-state index contributed by atoms with van der Waals surface area (Å²) in [7, 11) is 0. The van der Waals surface area contributed by atoms with Crippen LogP contribution in [-0.4, -0.2) is 16.8 Å². The van der Waals surface area contributed by atoms with Crippen LogP contribution < -0.4 is 5.73 Å². The molecule has 1 aromatic carbocycles. The molecule has 0 aliphatic heterocycles. The molecule has 0 aromatic heterocycles. The van der Waals surface area contributed by atoms with Gasteiger partial charge in [0.25, 0.3) is 0 Å². The standard InChI is InChI=1S/C11H11BrN2O2/c1-7(10(6-13)11(15)16)14-9-4-2-8(12)3-5-9/h2-6H,13H2,1H3,(H,15,16). The highest BCUT2D eigenvalue weighted by molar-refractivity contribution is 9.10. The number of rotatable bonds is 3. The van der Waals surface area contributed by atoms with Gasteiger partial charge in [-0.3, -0.25) is 4.99 Å². The third-order valence-electron chi connectivity index (χ3n) is 1.91. The van der Waals surface area contributed by atoms with Crippen LogP contribution in [0, 0.1) is 0 Å². The van der Waals surface area contributed by atoms with Crippen LogP contribution in [0.4, 0.5) is 5.69 Å². The summed E-state index contributed by atoms with van der Waals surface area (Å²) in [6, 6.07) is 7.23. The van der Waals surface area contributed by atoms with Crippen LogP contribution in [-0.2, 0) is 4.79 Å². The first-order chi connectivity index (χ1) is 7.54. The number of aliphatic carboxylic acids is 1. The maximum atomic E-state index is 10.8. The second kappa shape index (κ2) is 5.46. The highest BCUT2D eigenvalue weighted by Gasteiger charge is 2.09. The van der Waals surface area contributed by atoms with E-state index in [-0.39, 0.29) is 5.57 Å². The molecule has 0 aliphatic carbocycles. The molecule has 0 spiro atoms. The molecule has 1 aromatic rings. The fourth-order valence-electron chi connectivity index (χ4n) is 1.12. The summed E-state index contributed by atoms with van der Waals surface area (Å²) in [5.74, 6) is -1.08. The number of halogens is 1. The Kier molecular flexibility index (Phi) is 4.25. The van der Waals surface area contributed by atoms with Crippen molar-refractivity contribution < 1.29 is 9.90 Å². The number of carboxylic acid groups (broad SMARTS) is 1. The number of benzene rings is 1. The fraction of sp³-hybridized carbons (Fsp3) is 0.0909. The maximum Gasteiger partial charge on any atom is 0.339 e. The Morgan fingerprint density at radius 3 is 2.44 bits per heavy atom. The average Bonchev–Trinajstić information content (AvgIpc) is 2.22. The summed E-state index contributed by atoms with van der Waals surface area (Å²) in [6.45, 7) is 1.61. The zero-order chi connectivity index (χ0) is 12.1. The lowest BCUT2D eigenvalue weighted by atomic mass is 10.2. The van der Waals surface area contributed by atoms with E-state index >= 15 is 0 Å². The number of carboxylic acids is 1. The Bertz CT molecular complexity index is 450. The van der Waals surface area contributed by atoms with Gasteiger partial charge in [-0.2, -0.15) is 0 Å². The largest absolute Gasteiger partial charge is 0.478 e. The third kappa shape index (κ3) is 3.20. The van der Waals surface area contributed by atoms with Crippen LogP contribution in [0.25, 0.3) is 0 Å². The van der Waals surface area contributed by atoms with Crippen molar-refractivity contribution in [3.63, 3.8) is 0 Å². The molecule has 0 saturated carbocycles. The van der Waals surface area contributed by atoms with E-state index < -0.39 is 5.97 Å². The van der Waals surface area contributed by atoms with Gasteiger partial charge in [0.1, 0.15) is 0 Å². The van der Waals surface area contributed by atoms with Gasteiger partial charge in [-0.1, -0.05) is 15.9 Å². The molecule has 84 valence electrons. The summed E-state index contributed by atoms with van der Waals surface area (Å²) < 4.78 is 0.942. The van der Waals surface area contributed by atoms with Gasteiger partial charge in [0.05, 0.1) is 17.0 Å². The number of carbonyl (C=O) groups is 1. The molecule has 5 heteroatoms. The van der Waals surface area contributed by atoms with Gasteiger partial charge < -0.3 is 10.8 Å². The van der Waals surface area contributed by atoms with Gasteiger partial charge in [-0.15, -0.1) is 0 Å². The average molecular weight is 283 g/mol. The van der Waals surface area contributed by atoms with Gasteiger partial charge in [0.15, 0.2) is 0 Å². The van der Waals surface area contributed by atoms with E-state index in [1.165, 1.54) is 0 Å². The van der Waals surface area contributed by atoms with Crippen LogP contribution >= 0.6 is 15.9 Å². The Labute approximate surface area is 102 Å². The minimum atomic E-state index is -1.08. The van der Waals surface area contributed by atoms with Crippen LogP contribution in [0.3, 0.4) is 0 Å². The molecule has 0 aliphatic rings. The summed E-state index contributed by atoms with van der Waals surface area (Å²) in [4.78, 5) is 14.9. The van der Waals surface area contributed by atoms with E-state index in [0.29, 0.717) is 11.4 Å². The lowest BCUT2D eigenvalue weighted by molar-refractivity contribution is -0.132. The topological polar surface area (TPSA) is 75.7 Å².